The van der Waals surface area contributed by atoms with E-state index in [1.807, 2.05) is 54.7 Å². The molecule has 0 radical (unpaired) electrons. The number of hydrogen-bond donors (Lipinski definition) is 1. The lowest BCUT2D eigenvalue weighted by atomic mass is 9.90. The predicted octanol–water partition coefficient (Wildman–Crippen LogP) is 3.88. The molecule has 0 bridgehead atoms. The van der Waals surface area contributed by atoms with Gasteiger partial charge in [-0.25, -0.2) is 0 Å². The van der Waals surface area contributed by atoms with E-state index in [1.165, 1.54) is 23.5 Å². The normalized spacial score (nSPS) is 25.5. The quantitative estimate of drug-likeness (QED) is 0.881. The van der Waals surface area contributed by atoms with E-state index in [1.54, 1.807) is 4.90 Å². The van der Waals surface area contributed by atoms with E-state index in [2.05, 4.69) is 0 Å². The summed E-state index contributed by atoms with van der Waals surface area (Å²) in [4.78, 5) is 25.9. The summed E-state index contributed by atoms with van der Waals surface area (Å²) < 4.78 is 0.466. The van der Waals surface area contributed by atoms with Gasteiger partial charge in [-0.3, -0.25) is 9.59 Å². The molecular weight excluding hydrogens is 342 g/mol. The summed E-state index contributed by atoms with van der Waals surface area (Å²) in [6, 6.07) is 7.63. The third-order valence-electron chi connectivity index (χ3n) is 4.82. The van der Waals surface area contributed by atoms with Gasteiger partial charge in [-0.1, -0.05) is 12.1 Å². The monoisotopic (exact) mass is 365 g/mol. The highest BCUT2D eigenvalue weighted by molar-refractivity contribution is 8.16. The maximum atomic E-state index is 12.8. The predicted molar refractivity (Wildman–Crippen MR) is 99.6 cm³/mol. The molecule has 1 aromatic rings. The van der Waals surface area contributed by atoms with Crippen molar-refractivity contribution in [2.24, 2.45) is 5.92 Å². The second kappa shape index (κ2) is 7.83. The number of rotatable bonds is 3. The van der Waals surface area contributed by atoms with Crippen LogP contribution in [0.1, 0.15) is 46.7 Å². The molecular formula is C18H23NO3S2. The molecule has 0 spiro atoms. The summed E-state index contributed by atoms with van der Waals surface area (Å²) in [5.41, 5.74) is 1.92. The molecule has 2 heterocycles. The first-order valence-corrected chi connectivity index (χ1v) is 10.5. The van der Waals surface area contributed by atoms with Crippen LogP contribution in [0.25, 0.3) is 0 Å². The van der Waals surface area contributed by atoms with Crippen molar-refractivity contribution < 1.29 is 14.7 Å². The number of carboxylic acids is 1. The molecule has 2 fully saturated rings. The minimum atomic E-state index is -0.804. The number of amides is 1. The average molecular weight is 366 g/mol. The zero-order chi connectivity index (χ0) is 17.1. The molecule has 24 heavy (non-hydrogen) atoms. The van der Waals surface area contributed by atoms with Gasteiger partial charge in [0.15, 0.2) is 0 Å². The number of thioether (sulfide) groups is 2. The number of piperidine rings is 1. The summed E-state index contributed by atoms with van der Waals surface area (Å²) in [7, 11) is 0. The first kappa shape index (κ1) is 17.7. The molecule has 1 amide bonds. The minimum absolute atomic E-state index is 0.0519. The van der Waals surface area contributed by atoms with Crippen LogP contribution in [0.2, 0.25) is 0 Å². The molecule has 130 valence electrons. The van der Waals surface area contributed by atoms with Crippen LogP contribution in [0.15, 0.2) is 24.3 Å². The van der Waals surface area contributed by atoms with Crippen molar-refractivity contribution in [1.29, 1.82) is 0 Å². The maximum Gasteiger partial charge on any atom is 0.308 e. The van der Waals surface area contributed by atoms with Gasteiger partial charge in [0.25, 0.3) is 5.91 Å². The summed E-state index contributed by atoms with van der Waals surface area (Å²) in [5, 5.41) is 9.32. The fraction of sp³-hybridized carbons (Fsp3) is 0.556. The fourth-order valence-electron chi connectivity index (χ4n) is 3.39. The molecule has 2 aliphatic rings. The van der Waals surface area contributed by atoms with Crippen molar-refractivity contribution in [2.45, 2.75) is 36.8 Å². The van der Waals surface area contributed by atoms with Gasteiger partial charge in [-0.2, -0.15) is 0 Å². The van der Waals surface area contributed by atoms with Crippen molar-refractivity contribution in [3.8, 4) is 0 Å². The van der Waals surface area contributed by atoms with Crippen molar-refractivity contribution in [1.82, 2.24) is 4.90 Å². The third-order valence-corrected chi connectivity index (χ3v) is 7.84. The number of benzene rings is 1. The van der Waals surface area contributed by atoms with E-state index in [4.69, 9.17) is 0 Å². The largest absolute Gasteiger partial charge is 0.481 e. The third kappa shape index (κ3) is 3.75. The Hall–Kier alpha value is -1.14. The number of likely N-dealkylation sites (tertiary alicyclic amines) is 1. The molecule has 2 atom stereocenters. The summed E-state index contributed by atoms with van der Waals surface area (Å²) >= 11 is 3.93. The van der Waals surface area contributed by atoms with Gasteiger partial charge in [0.05, 0.1) is 10.5 Å². The highest BCUT2D eigenvalue weighted by Gasteiger charge is 2.35. The lowest BCUT2D eigenvalue weighted by Crippen LogP contribution is -2.49. The molecule has 0 aromatic heterocycles. The van der Waals surface area contributed by atoms with Gasteiger partial charge in [0, 0.05) is 18.2 Å². The molecule has 0 aliphatic carbocycles. The molecule has 0 unspecified atom stereocenters. The highest BCUT2D eigenvalue weighted by atomic mass is 32.2. The van der Waals surface area contributed by atoms with Crippen LogP contribution in [0.4, 0.5) is 0 Å². The second-order valence-electron chi connectivity index (χ2n) is 6.38. The standard InChI is InChI=1S/C18H23NO3S2/c1-12-15(17(21)22)4-2-9-19(12)16(20)13-5-7-14(8-6-13)18-23-10-3-11-24-18/h5-8,12,15,18H,2-4,9-11H2,1H3,(H,21,22)/t12-,15-/m1/s1. The van der Waals surface area contributed by atoms with Gasteiger partial charge in [-0.05, 0) is 55.4 Å². The SMILES string of the molecule is C[C@@H]1[C@H](C(=O)O)CCCN1C(=O)c1ccc(C2SCCCS2)cc1. The Balaban J connectivity index is 1.71. The van der Waals surface area contributed by atoms with Crippen LogP contribution in [-0.4, -0.2) is 46.0 Å². The second-order valence-corrected chi connectivity index (χ2v) is 9.10. The number of carbonyl (C=O) groups excluding carboxylic acids is 1. The Kier molecular flexibility index (Phi) is 5.76. The molecule has 0 saturated carbocycles. The highest BCUT2D eigenvalue weighted by Crippen LogP contribution is 2.43. The van der Waals surface area contributed by atoms with Crippen LogP contribution in [0.3, 0.4) is 0 Å². The van der Waals surface area contributed by atoms with Crippen LogP contribution in [-0.2, 0) is 4.79 Å². The van der Waals surface area contributed by atoms with Crippen molar-refractivity contribution in [3.63, 3.8) is 0 Å². The van der Waals surface area contributed by atoms with Crippen molar-refractivity contribution >= 4 is 35.4 Å². The summed E-state index contributed by atoms with van der Waals surface area (Å²) in [5.74, 6) is 1.07. The lowest BCUT2D eigenvalue weighted by molar-refractivity contribution is -0.144. The Bertz CT molecular complexity index is 599. The summed E-state index contributed by atoms with van der Waals surface area (Å²) in [6.45, 7) is 2.49. The van der Waals surface area contributed by atoms with Crippen molar-refractivity contribution in [3.05, 3.63) is 35.4 Å². The van der Waals surface area contributed by atoms with Crippen LogP contribution >= 0.6 is 23.5 Å². The fourth-order valence-corrected chi connectivity index (χ4v) is 6.28. The minimum Gasteiger partial charge on any atom is -0.481 e. The van der Waals surface area contributed by atoms with Crippen LogP contribution < -0.4 is 0 Å². The molecule has 1 aromatic carbocycles. The number of hydrogen-bond acceptors (Lipinski definition) is 4. The Morgan fingerprint density at radius 1 is 1.12 bits per heavy atom. The van der Waals surface area contributed by atoms with E-state index in [0.717, 1.165) is 6.42 Å². The molecule has 4 nitrogen and oxygen atoms in total. The van der Waals surface area contributed by atoms with Crippen LogP contribution in [0, 0.1) is 5.92 Å². The zero-order valence-corrected chi connectivity index (χ0v) is 15.4. The molecule has 2 aliphatic heterocycles. The van der Waals surface area contributed by atoms with E-state index in [-0.39, 0.29) is 11.9 Å². The first-order valence-electron chi connectivity index (χ1n) is 8.45. The summed E-state index contributed by atoms with van der Waals surface area (Å²) in [6.07, 6.45) is 2.66. The Labute approximate surface area is 151 Å². The number of carboxylic acid groups (broad SMARTS) is 1. The van der Waals surface area contributed by atoms with Gasteiger partial charge in [0.1, 0.15) is 0 Å². The van der Waals surface area contributed by atoms with E-state index in [9.17, 15) is 14.7 Å². The van der Waals surface area contributed by atoms with Gasteiger partial charge in [0.2, 0.25) is 0 Å². The zero-order valence-electron chi connectivity index (χ0n) is 13.8. The topological polar surface area (TPSA) is 57.6 Å². The Morgan fingerprint density at radius 2 is 1.79 bits per heavy atom. The number of nitrogens with zero attached hydrogens (tertiary/aromatic N) is 1. The number of carbonyl (C=O) groups is 2. The van der Waals surface area contributed by atoms with Crippen molar-refractivity contribution in [2.75, 3.05) is 18.1 Å². The molecule has 2 saturated heterocycles. The van der Waals surface area contributed by atoms with E-state index >= 15 is 0 Å². The van der Waals surface area contributed by atoms with E-state index < -0.39 is 11.9 Å². The number of aliphatic carboxylic acids is 1. The average Bonchev–Trinajstić information content (AvgIpc) is 2.62. The smallest absolute Gasteiger partial charge is 0.308 e. The molecule has 3 rings (SSSR count). The van der Waals surface area contributed by atoms with Gasteiger partial charge in [-0.15, -0.1) is 23.5 Å². The van der Waals surface area contributed by atoms with E-state index in [0.29, 0.717) is 23.1 Å². The molecule has 1 N–H and O–H groups in total. The first-order chi connectivity index (χ1) is 11.6. The van der Waals surface area contributed by atoms with Gasteiger partial charge < -0.3 is 10.0 Å². The maximum absolute atomic E-state index is 12.8. The molecule has 6 heteroatoms. The Morgan fingerprint density at radius 3 is 2.42 bits per heavy atom. The lowest BCUT2D eigenvalue weighted by Gasteiger charge is -2.37. The van der Waals surface area contributed by atoms with Gasteiger partial charge >= 0.3 is 5.97 Å². The van der Waals surface area contributed by atoms with Crippen LogP contribution in [0.5, 0.6) is 0 Å².